The average molecular weight is 256 g/mol. The van der Waals surface area contributed by atoms with Crippen LogP contribution in [0.1, 0.15) is 33.6 Å². The minimum atomic E-state index is 0.266. The van der Waals surface area contributed by atoms with E-state index in [1.54, 1.807) is 0 Å². The van der Waals surface area contributed by atoms with Crippen LogP contribution in [-0.4, -0.2) is 51.1 Å². The molecule has 106 valence electrons. The van der Waals surface area contributed by atoms with Crippen molar-refractivity contribution < 1.29 is 9.47 Å². The molecule has 1 aliphatic heterocycles. The van der Waals surface area contributed by atoms with Crippen LogP contribution in [0.3, 0.4) is 0 Å². The third-order valence-corrected chi connectivity index (χ3v) is 4.41. The lowest BCUT2D eigenvalue weighted by atomic mass is 9.64. The Morgan fingerprint density at radius 2 is 2.28 bits per heavy atom. The van der Waals surface area contributed by atoms with Crippen molar-refractivity contribution in [1.82, 2.24) is 10.6 Å². The van der Waals surface area contributed by atoms with Gasteiger partial charge in [0.2, 0.25) is 0 Å². The summed E-state index contributed by atoms with van der Waals surface area (Å²) < 4.78 is 11.4. The van der Waals surface area contributed by atoms with Gasteiger partial charge in [-0.1, -0.05) is 13.8 Å². The molecule has 0 aromatic carbocycles. The number of hydrogen-bond donors (Lipinski definition) is 2. The number of hydrogen-bond acceptors (Lipinski definition) is 4. The minimum Gasteiger partial charge on any atom is -0.378 e. The first-order valence-corrected chi connectivity index (χ1v) is 7.32. The largest absolute Gasteiger partial charge is 0.378 e. The lowest BCUT2D eigenvalue weighted by molar-refractivity contribution is -0.114. The molecule has 0 amide bonds. The van der Waals surface area contributed by atoms with Crippen LogP contribution in [0.4, 0.5) is 0 Å². The summed E-state index contributed by atoms with van der Waals surface area (Å²) in [6.07, 6.45) is 3.05. The molecule has 4 nitrogen and oxygen atoms in total. The zero-order valence-electron chi connectivity index (χ0n) is 12.0. The molecule has 0 aromatic heterocycles. The zero-order valence-corrected chi connectivity index (χ0v) is 12.0. The summed E-state index contributed by atoms with van der Waals surface area (Å²) in [5.74, 6) is 0. The van der Waals surface area contributed by atoms with Crippen LogP contribution in [-0.2, 0) is 9.47 Å². The Bertz CT molecular complexity index is 252. The number of nitrogens with one attached hydrogen (secondary N) is 2. The molecule has 1 saturated heterocycles. The van der Waals surface area contributed by atoms with Crippen LogP contribution >= 0.6 is 0 Å². The molecule has 2 rings (SSSR count). The lowest BCUT2D eigenvalue weighted by Crippen LogP contribution is -2.61. The van der Waals surface area contributed by atoms with Crippen LogP contribution in [0, 0.1) is 5.41 Å². The summed E-state index contributed by atoms with van der Waals surface area (Å²) in [4.78, 5) is 0. The van der Waals surface area contributed by atoms with Crippen LogP contribution in [0.25, 0.3) is 0 Å². The number of rotatable bonds is 6. The van der Waals surface area contributed by atoms with Gasteiger partial charge >= 0.3 is 0 Å². The SMILES string of the molecule is CCOC1CC(NCCC2CNCCO2)C1(C)C. The van der Waals surface area contributed by atoms with Gasteiger partial charge in [-0.05, 0) is 26.3 Å². The maximum atomic E-state index is 5.74. The summed E-state index contributed by atoms with van der Waals surface area (Å²) >= 11 is 0. The Labute approximate surface area is 111 Å². The van der Waals surface area contributed by atoms with Gasteiger partial charge in [0.25, 0.3) is 0 Å². The fourth-order valence-corrected chi connectivity index (χ4v) is 2.94. The van der Waals surface area contributed by atoms with Gasteiger partial charge in [-0.3, -0.25) is 0 Å². The van der Waals surface area contributed by atoms with E-state index in [1.165, 1.54) is 0 Å². The average Bonchev–Trinajstić information content (AvgIpc) is 2.38. The summed E-state index contributed by atoms with van der Waals surface area (Å²) in [5.41, 5.74) is 0.266. The normalized spacial score (nSPS) is 35.2. The molecular formula is C14H28N2O2. The lowest BCUT2D eigenvalue weighted by Gasteiger charge is -2.52. The minimum absolute atomic E-state index is 0.266. The van der Waals surface area contributed by atoms with E-state index in [4.69, 9.17) is 9.47 Å². The standard InChI is InChI=1S/C14H28N2O2/c1-4-17-13-9-12(14(13,2)3)16-6-5-11-10-15-7-8-18-11/h11-13,15-16H,4-10H2,1-3H3. The van der Waals surface area contributed by atoms with E-state index in [1.807, 2.05) is 0 Å². The number of ether oxygens (including phenoxy) is 2. The maximum absolute atomic E-state index is 5.74. The Morgan fingerprint density at radius 1 is 1.44 bits per heavy atom. The summed E-state index contributed by atoms with van der Waals surface area (Å²) in [6.45, 7) is 11.4. The molecule has 0 bridgehead atoms. The monoisotopic (exact) mass is 256 g/mol. The summed E-state index contributed by atoms with van der Waals surface area (Å²) in [5, 5.41) is 7.03. The van der Waals surface area contributed by atoms with Crippen LogP contribution < -0.4 is 10.6 Å². The quantitative estimate of drug-likeness (QED) is 0.748. The first kappa shape index (κ1) is 14.3. The second kappa shape index (κ2) is 6.33. The van der Waals surface area contributed by atoms with E-state index < -0.39 is 0 Å². The van der Waals surface area contributed by atoms with Crippen LogP contribution in [0.15, 0.2) is 0 Å². The fraction of sp³-hybridized carbons (Fsp3) is 1.00. The molecule has 2 fully saturated rings. The Hall–Kier alpha value is -0.160. The molecule has 2 aliphatic rings. The van der Waals surface area contributed by atoms with Crippen molar-refractivity contribution in [3.63, 3.8) is 0 Å². The first-order valence-electron chi connectivity index (χ1n) is 7.32. The zero-order chi connectivity index (χ0) is 13.0. The molecule has 0 spiro atoms. The molecule has 2 N–H and O–H groups in total. The van der Waals surface area contributed by atoms with Crippen molar-refractivity contribution in [2.24, 2.45) is 5.41 Å². The topological polar surface area (TPSA) is 42.5 Å². The molecule has 3 atom stereocenters. The molecule has 1 aliphatic carbocycles. The smallest absolute Gasteiger partial charge is 0.0712 e. The maximum Gasteiger partial charge on any atom is 0.0712 e. The molecule has 1 heterocycles. The van der Waals surface area contributed by atoms with Crippen molar-refractivity contribution in [1.29, 1.82) is 0 Å². The molecule has 0 aromatic rings. The summed E-state index contributed by atoms with van der Waals surface area (Å²) in [6, 6.07) is 0.589. The van der Waals surface area contributed by atoms with E-state index in [0.29, 0.717) is 18.2 Å². The van der Waals surface area contributed by atoms with Crippen LogP contribution in [0.5, 0.6) is 0 Å². The van der Waals surface area contributed by atoms with E-state index >= 15 is 0 Å². The summed E-state index contributed by atoms with van der Waals surface area (Å²) in [7, 11) is 0. The van der Waals surface area contributed by atoms with Crippen molar-refractivity contribution in [3.8, 4) is 0 Å². The highest BCUT2D eigenvalue weighted by atomic mass is 16.5. The van der Waals surface area contributed by atoms with E-state index in [0.717, 1.165) is 45.7 Å². The van der Waals surface area contributed by atoms with Crippen molar-refractivity contribution in [2.45, 2.75) is 51.9 Å². The Morgan fingerprint density at radius 3 is 2.89 bits per heavy atom. The Kier molecular flexibility index (Phi) is 5.01. The second-order valence-corrected chi connectivity index (χ2v) is 5.99. The molecular weight excluding hydrogens is 228 g/mol. The third-order valence-electron chi connectivity index (χ3n) is 4.41. The predicted octanol–water partition coefficient (Wildman–Crippen LogP) is 1.16. The van der Waals surface area contributed by atoms with E-state index in [-0.39, 0.29) is 5.41 Å². The van der Waals surface area contributed by atoms with Crippen molar-refractivity contribution in [3.05, 3.63) is 0 Å². The van der Waals surface area contributed by atoms with Gasteiger partial charge in [-0.25, -0.2) is 0 Å². The number of morpholine rings is 1. The van der Waals surface area contributed by atoms with Gasteiger partial charge < -0.3 is 20.1 Å². The highest BCUT2D eigenvalue weighted by Crippen LogP contribution is 2.42. The second-order valence-electron chi connectivity index (χ2n) is 5.99. The van der Waals surface area contributed by atoms with Gasteiger partial charge in [-0.15, -0.1) is 0 Å². The molecule has 18 heavy (non-hydrogen) atoms. The van der Waals surface area contributed by atoms with Crippen molar-refractivity contribution in [2.75, 3.05) is 32.8 Å². The van der Waals surface area contributed by atoms with Gasteiger partial charge in [0, 0.05) is 31.2 Å². The third kappa shape index (κ3) is 3.23. The molecule has 1 saturated carbocycles. The van der Waals surface area contributed by atoms with E-state index in [2.05, 4.69) is 31.4 Å². The van der Waals surface area contributed by atoms with Gasteiger partial charge in [0.1, 0.15) is 0 Å². The highest BCUT2D eigenvalue weighted by molar-refractivity contribution is 5.02. The van der Waals surface area contributed by atoms with Crippen LogP contribution in [0.2, 0.25) is 0 Å². The van der Waals surface area contributed by atoms with Gasteiger partial charge in [0.15, 0.2) is 0 Å². The van der Waals surface area contributed by atoms with Gasteiger partial charge in [0.05, 0.1) is 18.8 Å². The first-order chi connectivity index (χ1) is 8.64. The molecule has 0 radical (unpaired) electrons. The van der Waals surface area contributed by atoms with Gasteiger partial charge in [-0.2, -0.15) is 0 Å². The molecule has 3 unspecified atom stereocenters. The Balaban J connectivity index is 1.62. The fourth-order valence-electron chi connectivity index (χ4n) is 2.94. The van der Waals surface area contributed by atoms with E-state index in [9.17, 15) is 0 Å². The van der Waals surface area contributed by atoms with Crippen molar-refractivity contribution >= 4 is 0 Å². The molecule has 4 heteroatoms. The predicted molar refractivity (Wildman–Crippen MR) is 72.8 cm³/mol. The highest BCUT2D eigenvalue weighted by Gasteiger charge is 2.48.